The number of nitrogens with one attached hydrogen (secondary N) is 1. The number of anilines is 1. The molecule has 0 spiro atoms. The molecule has 6 heteroatoms. The van der Waals surface area contributed by atoms with Gasteiger partial charge in [-0.15, -0.1) is 11.8 Å². The van der Waals surface area contributed by atoms with Crippen molar-refractivity contribution in [3.05, 3.63) is 64.2 Å². The van der Waals surface area contributed by atoms with Crippen molar-refractivity contribution in [1.29, 1.82) is 0 Å². The second-order valence-electron chi connectivity index (χ2n) is 4.73. The maximum atomic E-state index is 10.6. The molecular formula is C16H18N2O3S. The summed E-state index contributed by atoms with van der Waals surface area (Å²) >= 11 is 1.72. The van der Waals surface area contributed by atoms with E-state index in [9.17, 15) is 10.1 Å². The third-order valence-electron chi connectivity index (χ3n) is 3.07. The zero-order valence-corrected chi connectivity index (χ0v) is 12.9. The Hall–Kier alpha value is -2.05. The van der Waals surface area contributed by atoms with Gasteiger partial charge in [-0.1, -0.05) is 12.1 Å². The molecule has 116 valence electrons. The lowest BCUT2D eigenvalue weighted by molar-refractivity contribution is -0.384. The first-order chi connectivity index (χ1) is 10.7. The number of nitrogens with zero attached hydrogens (tertiary/aromatic N) is 1. The summed E-state index contributed by atoms with van der Waals surface area (Å²) in [5, 5.41) is 22.6. The maximum Gasteiger partial charge on any atom is 0.269 e. The largest absolute Gasteiger partial charge is 0.396 e. The number of hydrogen-bond acceptors (Lipinski definition) is 5. The van der Waals surface area contributed by atoms with Crippen LogP contribution in [0.25, 0.3) is 0 Å². The summed E-state index contributed by atoms with van der Waals surface area (Å²) in [4.78, 5) is 11.4. The number of non-ortho nitro benzene ring substituents is 1. The Morgan fingerprint density at radius 3 is 2.36 bits per heavy atom. The van der Waals surface area contributed by atoms with Gasteiger partial charge in [-0.05, 0) is 36.2 Å². The number of rotatable bonds is 8. The van der Waals surface area contributed by atoms with Gasteiger partial charge in [0.2, 0.25) is 0 Å². The molecule has 0 bridgehead atoms. The molecule has 0 amide bonds. The Bertz CT molecular complexity index is 600. The molecule has 2 aromatic carbocycles. The standard InChI is InChI=1S/C16H18N2O3S/c19-10-1-11-22-16-8-4-14(5-9-16)17-12-13-2-6-15(7-3-13)18(20)21/h2-9,17,19H,1,10-12H2. The van der Waals surface area contributed by atoms with Crippen LogP contribution in [0.4, 0.5) is 11.4 Å². The van der Waals surface area contributed by atoms with Crippen LogP contribution >= 0.6 is 11.8 Å². The quantitative estimate of drug-likeness (QED) is 0.336. The molecule has 0 fully saturated rings. The molecule has 0 unspecified atom stereocenters. The van der Waals surface area contributed by atoms with Crippen LogP contribution < -0.4 is 5.32 Å². The highest BCUT2D eigenvalue weighted by atomic mass is 32.2. The Balaban J connectivity index is 1.84. The minimum Gasteiger partial charge on any atom is -0.396 e. The fraction of sp³-hybridized carbons (Fsp3) is 0.250. The zero-order chi connectivity index (χ0) is 15.8. The van der Waals surface area contributed by atoms with Gasteiger partial charge in [-0.2, -0.15) is 0 Å². The summed E-state index contributed by atoms with van der Waals surface area (Å²) in [5.74, 6) is 0.909. The van der Waals surface area contributed by atoms with Gasteiger partial charge in [0, 0.05) is 41.6 Å². The number of nitro benzene ring substituents is 1. The van der Waals surface area contributed by atoms with Gasteiger partial charge in [-0.25, -0.2) is 0 Å². The molecule has 0 aliphatic rings. The molecule has 2 N–H and O–H groups in total. The molecule has 0 atom stereocenters. The minimum atomic E-state index is -0.398. The van der Waals surface area contributed by atoms with Crippen LogP contribution in [0.2, 0.25) is 0 Å². The van der Waals surface area contributed by atoms with Crippen molar-refractivity contribution < 1.29 is 10.0 Å². The summed E-state index contributed by atoms with van der Waals surface area (Å²) in [6, 6.07) is 14.6. The average molecular weight is 318 g/mol. The lowest BCUT2D eigenvalue weighted by atomic mass is 10.2. The molecule has 22 heavy (non-hydrogen) atoms. The number of aliphatic hydroxyl groups excluding tert-OH is 1. The van der Waals surface area contributed by atoms with Crippen molar-refractivity contribution in [2.24, 2.45) is 0 Å². The highest BCUT2D eigenvalue weighted by Crippen LogP contribution is 2.21. The molecule has 0 aromatic heterocycles. The third-order valence-corrected chi connectivity index (χ3v) is 4.17. The van der Waals surface area contributed by atoms with Gasteiger partial charge in [0.1, 0.15) is 0 Å². The second kappa shape index (κ2) is 8.41. The molecule has 0 aliphatic heterocycles. The first kappa shape index (κ1) is 16.3. The Labute approximate surface area is 133 Å². The highest BCUT2D eigenvalue weighted by Gasteiger charge is 2.03. The fourth-order valence-electron chi connectivity index (χ4n) is 1.86. The number of nitro groups is 1. The van der Waals surface area contributed by atoms with Crippen molar-refractivity contribution >= 4 is 23.1 Å². The Kier molecular flexibility index (Phi) is 6.24. The number of thioether (sulfide) groups is 1. The summed E-state index contributed by atoms with van der Waals surface area (Å²) in [6.45, 7) is 0.844. The molecule has 0 heterocycles. The van der Waals surface area contributed by atoms with Gasteiger partial charge < -0.3 is 10.4 Å². The normalized spacial score (nSPS) is 10.4. The van der Waals surface area contributed by atoms with E-state index in [0.717, 1.165) is 23.4 Å². The fourth-order valence-corrected chi connectivity index (χ4v) is 2.70. The van der Waals surface area contributed by atoms with Crippen LogP contribution in [0.5, 0.6) is 0 Å². The molecule has 0 aliphatic carbocycles. The smallest absolute Gasteiger partial charge is 0.269 e. The predicted molar refractivity (Wildman–Crippen MR) is 89.3 cm³/mol. The van der Waals surface area contributed by atoms with E-state index in [0.29, 0.717) is 6.54 Å². The summed E-state index contributed by atoms with van der Waals surface area (Å²) in [7, 11) is 0. The van der Waals surface area contributed by atoms with Gasteiger partial charge >= 0.3 is 0 Å². The SMILES string of the molecule is O=[N+]([O-])c1ccc(CNc2ccc(SCCCO)cc2)cc1. The molecule has 0 saturated carbocycles. The van der Waals surface area contributed by atoms with E-state index in [1.165, 1.54) is 17.0 Å². The van der Waals surface area contributed by atoms with E-state index >= 15 is 0 Å². The monoisotopic (exact) mass is 318 g/mol. The van der Waals surface area contributed by atoms with Crippen molar-refractivity contribution in [3.63, 3.8) is 0 Å². The zero-order valence-electron chi connectivity index (χ0n) is 12.1. The molecule has 2 rings (SSSR count). The van der Waals surface area contributed by atoms with Gasteiger partial charge in [0.25, 0.3) is 5.69 Å². The molecule has 0 saturated heterocycles. The van der Waals surface area contributed by atoms with E-state index < -0.39 is 4.92 Å². The highest BCUT2D eigenvalue weighted by molar-refractivity contribution is 7.99. The molecule has 5 nitrogen and oxygen atoms in total. The van der Waals surface area contributed by atoms with Crippen molar-refractivity contribution in [3.8, 4) is 0 Å². The Morgan fingerprint density at radius 2 is 1.77 bits per heavy atom. The van der Waals surface area contributed by atoms with Crippen LogP contribution in [-0.2, 0) is 6.54 Å². The second-order valence-corrected chi connectivity index (χ2v) is 5.90. The lowest BCUT2D eigenvalue weighted by Gasteiger charge is -2.07. The summed E-state index contributed by atoms with van der Waals surface area (Å²) in [6.07, 6.45) is 0.796. The molecule has 2 aromatic rings. The van der Waals surface area contributed by atoms with Gasteiger partial charge in [0.05, 0.1) is 4.92 Å². The predicted octanol–water partition coefficient (Wildman–Crippen LogP) is 3.68. The topological polar surface area (TPSA) is 75.4 Å². The number of aliphatic hydroxyl groups is 1. The van der Waals surface area contributed by atoms with E-state index in [1.807, 2.05) is 24.3 Å². The van der Waals surface area contributed by atoms with E-state index in [2.05, 4.69) is 5.32 Å². The Morgan fingerprint density at radius 1 is 1.09 bits per heavy atom. The number of benzene rings is 2. The average Bonchev–Trinajstić information content (AvgIpc) is 2.55. The molecular weight excluding hydrogens is 300 g/mol. The van der Waals surface area contributed by atoms with Crippen LogP contribution in [0, 0.1) is 10.1 Å². The van der Waals surface area contributed by atoms with Crippen LogP contribution in [0.15, 0.2) is 53.4 Å². The van der Waals surface area contributed by atoms with E-state index in [1.54, 1.807) is 23.9 Å². The summed E-state index contributed by atoms with van der Waals surface area (Å²) < 4.78 is 0. The summed E-state index contributed by atoms with van der Waals surface area (Å²) in [5.41, 5.74) is 2.10. The number of hydrogen-bond donors (Lipinski definition) is 2. The minimum absolute atomic E-state index is 0.105. The van der Waals surface area contributed by atoms with E-state index in [4.69, 9.17) is 5.11 Å². The lowest BCUT2D eigenvalue weighted by Crippen LogP contribution is -1.99. The van der Waals surface area contributed by atoms with E-state index in [-0.39, 0.29) is 12.3 Å². The van der Waals surface area contributed by atoms with Crippen molar-refractivity contribution in [1.82, 2.24) is 0 Å². The molecule has 0 radical (unpaired) electrons. The van der Waals surface area contributed by atoms with Crippen LogP contribution in [0.3, 0.4) is 0 Å². The van der Waals surface area contributed by atoms with Gasteiger partial charge in [-0.3, -0.25) is 10.1 Å². The van der Waals surface area contributed by atoms with Crippen LogP contribution in [0.1, 0.15) is 12.0 Å². The first-order valence-electron chi connectivity index (χ1n) is 7.00. The third kappa shape index (κ3) is 5.05. The first-order valence-corrected chi connectivity index (χ1v) is 7.98. The van der Waals surface area contributed by atoms with Crippen molar-refractivity contribution in [2.75, 3.05) is 17.7 Å². The van der Waals surface area contributed by atoms with Gasteiger partial charge in [0.15, 0.2) is 0 Å². The van der Waals surface area contributed by atoms with Crippen molar-refractivity contribution in [2.45, 2.75) is 17.9 Å². The van der Waals surface area contributed by atoms with Crippen LogP contribution in [-0.4, -0.2) is 22.4 Å². The maximum absolute atomic E-state index is 10.6.